The molecule has 0 spiro atoms. The fourth-order valence-corrected chi connectivity index (χ4v) is 2.57. The summed E-state index contributed by atoms with van der Waals surface area (Å²) < 4.78 is 1.84. The number of hydrogen-bond donors (Lipinski definition) is 3. The van der Waals surface area contributed by atoms with Gasteiger partial charge in [0.25, 0.3) is 0 Å². The van der Waals surface area contributed by atoms with E-state index in [9.17, 15) is 9.59 Å². The number of nitrogens with one attached hydrogen (secondary N) is 3. The summed E-state index contributed by atoms with van der Waals surface area (Å²) in [4.78, 5) is 24.7. The van der Waals surface area contributed by atoms with Crippen molar-refractivity contribution in [3.63, 3.8) is 0 Å². The molecule has 0 saturated heterocycles. The topological polar surface area (TPSA) is 88.1 Å². The van der Waals surface area contributed by atoms with E-state index in [0.29, 0.717) is 18.3 Å². The Hall–Kier alpha value is -2.05. The van der Waals surface area contributed by atoms with Gasteiger partial charge in [0, 0.05) is 12.6 Å². The first kappa shape index (κ1) is 19.3. The van der Waals surface area contributed by atoms with E-state index < -0.39 is 11.6 Å². The average Bonchev–Trinajstić information content (AvgIpc) is 3.23. The number of nitrogens with zero attached hydrogens (tertiary/aromatic N) is 2. The lowest BCUT2D eigenvalue weighted by Crippen LogP contribution is -2.56. The van der Waals surface area contributed by atoms with Gasteiger partial charge in [-0.2, -0.15) is 5.10 Å². The minimum Gasteiger partial charge on any atom is -0.354 e. The lowest BCUT2D eigenvalue weighted by molar-refractivity contribution is -0.126. The van der Waals surface area contributed by atoms with Crippen molar-refractivity contribution < 1.29 is 9.59 Å². The van der Waals surface area contributed by atoms with Crippen molar-refractivity contribution in [1.29, 1.82) is 0 Å². The molecule has 3 amide bonds. The van der Waals surface area contributed by atoms with Gasteiger partial charge in [-0.05, 0) is 44.9 Å². The highest BCUT2D eigenvalue weighted by molar-refractivity contribution is 5.95. The molecule has 140 valence electrons. The van der Waals surface area contributed by atoms with Crippen LogP contribution in [0.3, 0.4) is 0 Å². The normalized spacial score (nSPS) is 16.2. The van der Waals surface area contributed by atoms with E-state index in [-0.39, 0.29) is 17.4 Å². The van der Waals surface area contributed by atoms with E-state index in [1.807, 2.05) is 25.5 Å². The smallest absolute Gasteiger partial charge is 0.321 e. The molecule has 1 unspecified atom stereocenters. The minimum atomic E-state index is -1.01. The van der Waals surface area contributed by atoms with Gasteiger partial charge in [-0.15, -0.1) is 0 Å². The highest BCUT2D eigenvalue weighted by Crippen LogP contribution is 2.40. The van der Waals surface area contributed by atoms with Gasteiger partial charge in [0.2, 0.25) is 5.91 Å². The Kier molecular flexibility index (Phi) is 5.44. The summed E-state index contributed by atoms with van der Waals surface area (Å²) >= 11 is 0. The van der Waals surface area contributed by atoms with E-state index in [4.69, 9.17) is 0 Å². The molecule has 0 aliphatic heterocycles. The minimum absolute atomic E-state index is 0.0144. The summed E-state index contributed by atoms with van der Waals surface area (Å²) in [5, 5.41) is 12.7. The van der Waals surface area contributed by atoms with Crippen LogP contribution in [0.15, 0.2) is 12.3 Å². The average molecular weight is 349 g/mol. The van der Waals surface area contributed by atoms with Crippen molar-refractivity contribution in [2.75, 3.05) is 11.9 Å². The number of aromatic nitrogens is 2. The maximum Gasteiger partial charge on any atom is 0.321 e. The SMILES string of the molecule is CC(C1CC1)n1nccc1NC(=O)NC(C)(C)C(=O)NCC(C)(C)C. The number of hydrogen-bond acceptors (Lipinski definition) is 3. The molecule has 1 aliphatic carbocycles. The van der Waals surface area contributed by atoms with Gasteiger partial charge >= 0.3 is 6.03 Å². The van der Waals surface area contributed by atoms with Crippen LogP contribution in [0.4, 0.5) is 10.6 Å². The first-order valence-electron chi connectivity index (χ1n) is 8.90. The van der Waals surface area contributed by atoms with Gasteiger partial charge in [0.1, 0.15) is 11.4 Å². The predicted molar refractivity (Wildman–Crippen MR) is 98.4 cm³/mol. The molecule has 1 aromatic heterocycles. The number of carbonyl (C=O) groups excluding carboxylic acids is 2. The van der Waals surface area contributed by atoms with Gasteiger partial charge in [-0.3, -0.25) is 10.1 Å². The number of anilines is 1. The van der Waals surface area contributed by atoms with E-state index in [0.717, 1.165) is 0 Å². The molecule has 25 heavy (non-hydrogen) atoms. The largest absolute Gasteiger partial charge is 0.354 e. The molecule has 1 fully saturated rings. The molecule has 3 N–H and O–H groups in total. The Morgan fingerprint density at radius 3 is 2.48 bits per heavy atom. The van der Waals surface area contributed by atoms with Crippen molar-refractivity contribution >= 4 is 17.8 Å². The van der Waals surface area contributed by atoms with Gasteiger partial charge in [0.05, 0.1) is 12.2 Å². The van der Waals surface area contributed by atoms with Crippen molar-refractivity contribution in [3.8, 4) is 0 Å². The lowest BCUT2D eigenvalue weighted by atomic mass is 9.96. The van der Waals surface area contributed by atoms with E-state index in [1.165, 1.54) is 12.8 Å². The summed E-state index contributed by atoms with van der Waals surface area (Å²) in [6.07, 6.45) is 4.08. The molecule has 1 atom stereocenters. The first-order chi connectivity index (χ1) is 11.5. The summed E-state index contributed by atoms with van der Waals surface area (Å²) in [7, 11) is 0. The summed E-state index contributed by atoms with van der Waals surface area (Å²) in [6, 6.07) is 1.61. The molecule has 1 aliphatic rings. The summed E-state index contributed by atoms with van der Waals surface area (Å²) in [5.41, 5.74) is -1.03. The van der Waals surface area contributed by atoms with Crippen LogP contribution < -0.4 is 16.0 Å². The zero-order chi connectivity index (χ0) is 18.8. The van der Waals surface area contributed by atoms with Crippen molar-refractivity contribution in [3.05, 3.63) is 12.3 Å². The van der Waals surface area contributed by atoms with Crippen LogP contribution in [-0.2, 0) is 4.79 Å². The van der Waals surface area contributed by atoms with E-state index in [1.54, 1.807) is 26.1 Å². The molecule has 1 saturated carbocycles. The number of carbonyl (C=O) groups is 2. The first-order valence-corrected chi connectivity index (χ1v) is 8.90. The Morgan fingerprint density at radius 1 is 1.28 bits per heavy atom. The molecule has 0 bridgehead atoms. The maximum absolute atomic E-state index is 12.4. The van der Waals surface area contributed by atoms with Gasteiger partial charge in [0.15, 0.2) is 0 Å². The zero-order valence-corrected chi connectivity index (χ0v) is 16.1. The quantitative estimate of drug-likeness (QED) is 0.738. The Bertz CT molecular complexity index is 626. The third kappa shape index (κ3) is 5.47. The number of rotatable bonds is 6. The molecular weight excluding hydrogens is 318 g/mol. The summed E-state index contributed by atoms with van der Waals surface area (Å²) in [5.74, 6) is 1.06. The van der Waals surface area contributed by atoms with Crippen molar-refractivity contribution in [1.82, 2.24) is 20.4 Å². The second-order valence-corrected chi connectivity index (χ2v) is 8.69. The van der Waals surface area contributed by atoms with Gasteiger partial charge in [-0.1, -0.05) is 20.8 Å². The fourth-order valence-electron chi connectivity index (χ4n) is 2.57. The monoisotopic (exact) mass is 349 g/mol. The molecule has 7 nitrogen and oxygen atoms in total. The van der Waals surface area contributed by atoms with E-state index >= 15 is 0 Å². The van der Waals surface area contributed by atoms with E-state index in [2.05, 4.69) is 28.0 Å². The van der Waals surface area contributed by atoms with Crippen LogP contribution in [0.1, 0.15) is 60.4 Å². The van der Waals surface area contributed by atoms with Crippen LogP contribution in [0.2, 0.25) is 0 Å². The zero-order valence-electron chi connectivity index (χ0n) is 16.1. The van der Waals surface area contributed by atoms with Gasteiger partial charge < -0.3 is 10.6 Å². The van der Waals surface area contributed by atoms with Crippen LogP contribution in [0.5, 0.6) is 0 Å². The molecule has 1 aromatic rings. The van der Waals surface area contributed by atoms with Crippen LogP contribution in [-0.4, -0.2) is 33.8 Å². The molecule has 7 heteroatoms. The molecule has 1 heterocycles. The summed E-state index contributed by atoms with van der Waals surface area (Å²) in [6.45, 7) is 12.2. The maximum atomic E-state index is 12.4. The standard InChI is InChI=1S/C18H31N5O2/c1-12(13-7-8-13)23-14(9-10-20-23)21-16(25)22-18(5,6)15(24)19-11-17(2,3)4/h9-10,12-13H,7-8,11H2,1-6H3,(H,19,24)(H2,21,22,25). The Labute approximate surface area is 149 Å². The molecule has 2 rings (SSSR count). The number of amides is 3. The predicted octanol–water partition coefficient (Wildman–Crippen LogP) is 2.92. The molecule has 0 radical (unpaired) electrons. The van der Waals surface area contributed by atoms with Crippen molar-refractivity contribution in [2.45, 2.75) is 66.0 Å². The highest BCUT2D eigenvalue weighted by Gasteiger charge is 2.32. The van der Waals surface area contributed by atoms with Crippen LogP contribution >= 0.6 is 0 Å². The lowest BCUT2D eigenvalue weighted by Gasteiger charge is -2.28. The van der Waals surface area contributed by atoms with Crippen molar-refractivity contribution in [2.24, 2.45) is 11.3 Å². The highest BCUT2D eigenvalue weighted by atomic mass is 16.2. The molecule has 0 aromatic carbocycles. The Morgan fingerprint density at radius 2 is 1.92 bits per heavy atom. The second kappa shape index (κ2) is 7.06. The molecular formula is C18H31N5O2. The Balaban J connectivity index is 1.93. The fraction of sp³-hybridized carbons (Fsp3) is 0.722. The third-order valence-electron chi connectivity index (χ3n) is 4.37. The van der Waals surface area contributed by atoms with Crippen LogP contribution in [0.25, 0.3) is 0 Å². The third-order valence-corrected chi connectivity index (χ3v) is 4.37. The number of urea groups is 1. The van der Waals surface area contributed by atoms with Gasteiger partial charge in [-0.25, -0.2) is 9.48 Å². The van der Waals surface area contributed by atoms with Crippen LogP contribution in [0, 0.1) is 11.3 Å². The second-order valence-electron chi connectivity index (χ2n) is 8.69.